The van der Waals surface area contributed by atoms with E-state index in [-0.39, 0.29) is 0 Å². The Bertz CT molecular complexity index is 591. The van der Waals surface area contributed by atoms with E-state index in [2.05, 4.69) is 42.7 Å². The first-order valence-corrected chi connectivity index (χ1v) is 6.92. The summed E-state index contributed by atoms with van der Waals surface area (Å²) in [6.45, 7) is 5.98. The van der Waals surface area contributed by atoms with Crippen LogP contribution in [0.2, 0.25) is 0 Å². The van der Waals surface area contributed by atoms with Crippen molar-refractivity contribution in [3.63, 3.8) is 0 Å². The number of imidazole rings is 1. The summed E-state index contributed by atoms with van der Waals surface area (Å²) in [4.78, 5) is 20.4. The molecule has 20 heavy (non-hydrogen) atoms. The molecule has 0 saturated heterocycles. The van der Waals surface area contributed by atoms with E-state index in [4.69, 9.17) is 0 Å². The Morgan fingerprint density at radius 1 is 1.40 bits per heavy atom. The Kier molecular flexibility index (Phi) is 4.39. The molecule has 0 aliphatic rings. The molecule has 108 valence electrons. The first-order valence-electron chi connectivity index (χ1n) is 6.92. The van der Waals surface area contributed by atoms with Gasteiger partial charge in [0.2, 0.25) is 0 Å². The van der Waals surface area contributed by atoms with Gasteiger partial charge in [-0.15, -0.1) is 0 Å². The number of hydrogen-bond acceptors (Lipinski definition) is 4. The average Bonchev–Trinajstić information content (AvgIpc) is 2.76. The predicted molar refractivity (Wildman–Crippen MR) is 81.6 cm³/mol. The molecule has 0 amide bonds. The highest BCUT2D eigenvalue weighted by Crippen LogP contribution is 2.22. The van der Waals surface area contributed by atoms with Gasteiger partial charge in [0, 0.05) is 25.3 Å². The number of hydrogen-bond donors (Lipinski definition) is 0. The van der Waals surface area contributed by atoms with Crippen LogP contribution in [-0.4, -0.2) is 53.8 Å². The largest absolute Gasteiger partial charge is 0.351 e. The molecule has 2 rings (SSSR count). The minimum absolute atomic E-state index is 0.290. The molecule has 0 saturated carbocycles. The zero-order valence-electron chi connectivity index (χ0n) is 12.6. The molecular weight excluding hydrogens is 252 g/mol. The van der Waals surface area contributed by atoms with Crippen molar-refractivity contribution in [3.8, 4) is 0 Å². The molecule has 0 aliphatic heterocycles. The Morgan fingerprint density at radius 2 is 2.15 bits per heavy atom. The molecule has 5 heteroatoms. The molecule has 1 atom stereocenters. The van der Waals surface area contributed by atoms with Gasteiger partial charge in [-0.2, -0.15) is 0 Å². The third-order valence-electron chi connectivity index (χ3n) is 3.43. The van der Waals surface area contributed by atoms with Gasteiger partial charge in [0.1, 0.15) is 11.3 Å². The second-order valence-electron chi connectivity index (χ2n) is 5.26. The lowest BCUT2D eigenvalue weighted by Crippen LogP contribution is -2.40. The second kappa shape index (κ2) is 6.05. The third-order valence-corrected chi connectivity index (χ3v) is 3.43. The van der Waals surface area contributed by atoms with Gasteiger partial charge in [0.25, 0.3) is 0 Å². The number of carbonyl (C=O) groups is 1. The number of fused-ring (bicyclic) bond motifs is 1. The van der Waals surface area contributed by atoms with E-state index in [1.165, 1.54) is 0 Å². The number of likely N-dealkylation sites (N-methyl/N-ethyl adjacent to an activating group) is 2. The molecule has 0 N–H and O–H groups in total. The van der Waals surface area contributed by atoms with Gasteiger partial charge in [-0.05, 0) is 40.1 Å². The number of carbonyl (C=O) groups excluding carboxylic acids is 1. The SMILES string of the molecule is CCN(c1nc2ccccn2c1C=O)C(C)CN(C)C. The fourth-order valence-corrected chi connectivity index (χ4v) is 2.62. The normalized spacial score (nSPS) is 12.8. The van der Waals surface area contributed by atoms with Gasteiger partial charge < -0.3 is 9.80 Å². The van der Waals surface area contributed by atoms with Gasteiger partial charge in [-0.1, -0.05) is 6.07 Å². The fraction of sp³-hybridized carbons (Fsp3) is 0.467. The first kappa shape index (κ1) is 14.5. The lowest BCUT2D eigenvalue weighted by atomic mass is 10.2. The van der Waals surface area contributed by atoms with Crippen LogP contribution >= 0.6 is 0 Å². The summed E-state index contributed by atoms with van der Waals surface area (Å²) in [5.41, 5.74) is 1.42. The summed E-state index contributed by atoms with van der Waals surface area (Å²) in [6, 6.07) is 6.05. The Hall–Kier alpha value is -1.88. The van der Waals surface area contributed by atoms with E-state index in [9.17, 15) is 4.79 Å². The number of rotatable bonds is 6. The van der Waals surface area contributed by atoms with Gasteiger partial charge in [0.05, 0.1) is 0 Å². The molecule has 2 aromatic heterocycles. The van der Waals surface area contributed by atoms with Crippen LogP contribution in [0.3, 0.4) is 0 Å². The van der Waals surface area contributed by atoms with E-state index in [1.54, 1.807) is 0 Å². The van der Waals surface area contributed by atoms with E-state index in [0.717, 1.165) is 30.8 Å². The Balaban J connectivity index is 2.46. The van der Waals surface area contributed by atoms with E-state index in [1.807, 2.05) is 28.8 Å². The van der Waals surface area contributed by atoms with Crippen molar-refractivity contribution in [2.45, 2.75) is 19.9 Å². The summed E-state index contributed by atoms with van der Waals surface area (Å²) >= 11 is 0. The summed E-state index contributed by atoms with van der Waals surface area (Å²) in [5, 5.41) is 0. The van der Waals surface area contributed by atoms with Gasteiger partial charge in [-0.25, -0.2) is 4.98 Å². The quantitative estimate of drug-likeness (QED) is 0.755. The van der Waals surface area contributed by atoms with Crippen LogP contribution in [0.5, 0.6) is 0 Å². The van der Waals surface area contributed by atoms with E-state index < -0.39 is 0 Å². The number of aldehydes is 1. The van der Waals surface area contributed by atoms with Crippen molar-refractivity contribution >= 4 is 17.8 Å². The van der Waals surface area contributed by atoms with E-state index in [0.29, 0.717) is 11.7 Å². The van der Waals surface area contributed by atoms with Gasteiger partial charge in [0.15, 0.2) is 12.1 Å². The zero-order chi connectivity index (χ0) is 14.7. The maximum atomic E-state index is 11.5. The zero-order valence-corrected chi connectivity index (χ0v) is 12.6. The molecular formula is C15H22N4O. The van der Waals surface area contributed by atoms with Crippen LogP contribution in [0.15, 0.2) is 24.4 Å². The number of anilines is 1. The van der Waals surface area contributed by atoms with Crippen LogP contribution in [0.25, 0.3) is 5.65 Å². The summed E-state index contributed by atoms with van der Waals surface area (Å²) < 4.78 is 1.84. The van der Waals surface area contributed by atoms with E-state index >= 15 is 0 Å². The molecule has 0 radical (unpaired) electrons. The number of pyridine rings is 1. The highest BCUT2D eigenvalue weighted by atomic mass is 16.1. The minimum Gasteiger partial charge on any atom is -0.351 e. The molecule has 0 bridgehead atoms. The highest BCUT2D eigenvalue weighted by Gasteiger charge is 2.21. The standard InChI is InChI=1S/C15H22N4O/c1-5-18(12(2)10-17(3)4)15-13(11-20)19-9-7-6-8-14(19)16-15/h6-9,11-12H,5,10H2,1-4H3. The second-order valence-corrected chi connectivity index (χ2v) is 5.26. The van der Waals surface area contributed by atoms with Gasteiger partial charge >= 0.3 is 0 Å². The molecule has 1 unspecified atom stereocenters. The molecule has 0 spiro atoms. The van der Waals surface area contributed by atoms with Crippen LogP contribution in [-0.2, 0) is 0 Å². The van der Waals surface area contributed by atoms with Crippen molar-refractivity contribution < 1.29 is 4.79 Å². The first-order chi connectivity index (χ1) is 9.58. The lowest BCUT2D eigenvalue weighted by molar-refractivity contribution is 0.111. The maximum Gasteiger partial charge on any atom is 0.170 e. The summed E-state index contributed by atoms with van der Waals surface area (Å²) in [6.07, 6.45) is 2.76. The Morgan fingerprint density at radius 3 is 2.75 bits per heavy atom. The molecule has 0 aromatic carbocycles. The average molecular weight is 274 g/mol. The van der Waals surface area contributed by atoms with Crippen LogP contribution < -0.4 is 4.90 Å². The number of aromatic nitrogens is 2. The minimum atomic E-state index is 0.290. The predicted octanol–water partition coefficient (Wildman–Crippen LogP) is 1.92. The van der Waals surface area contributed by atoms with Gasteiger partial charge in [-0.3, -0.25) is 9.20 Å². The number of nitrogens with zero attached hydrogens (tertiary/aromatic N) is 4. The molecule has 5 nitrogen and oxygen atoms in total. The van der Waals surface area contributed by atoms with Crippen molar-refractivity contribution in [2.75, 3.05) is 32.1 Å². The summed E-state index contributed by atoms with van der Waals surface area (Å²) in [5.74, 6) is 0.767. The smallest absolute Gasteiger partial charge is 0.170 e. The summed E-state index contributed by atoms with van der Waals surface area (Å²) in [7, 11) is 4.10. The Labute approximate surface area is 119 Å². The monoisotopic (exact) mass is 274 g/mol. The maximum absolute atomic E-state index is 11.5. The molecule has 2 heterocycles. The lowest BCUT2D eigenvalue weighted by Gasteiger charge is -2.30. The molecule has 0 aliphatic carbocycles. The molecule has 0 fully saturated rings. The van der Waals surface area contributed by atoms with Crippen LogP contribution in [0, 0.1) is 0 Å². The van der Waals surface area contributed by atoms with Crippen LogP contribution in [0.1, 0.15) is 24.3 Å². The fourth-order valence-electron chi connectivity index (χ4n) is 2.62. The van der Waals surface area contributed by atoms with Crippen LogP contribution in [0.4, 0.5) is 5.82 Å². The van der Waals surface area contributed by atoms with Crippen molar-refractivity contribution in [1.82, 2.24) is 14.3 Å². The highest BCUT2D eigenvalue weighted by molar-refractivity contribution is 5.83. The topological polar surface area (TPSA) is 40.9 Å². The molecule has 2 aromatic rings. The third kappa shape index (κ3) is 2.67. The van der Waals surface area contributed by atoms with Crippen molar-refractivity contribution in [1.29, 1.82) is 0 Å². The van der Waals surface area contributed by atoms with Crippen molar-refractivity contribution in [3.05, 3.63) is 30.1 Å². The van der Waals surface area contributed by atoms with Crippen molar-refractivity contribution in [2.24, 2.45) is 0 Å².